The van der Waals surface area contributed by atoms with Crippen LogP contribution in [0.25, 0.3) is 10.9 Å². The first-order valence-corrected chi connectivity index (χ1v) is 12.2. The van der Waals surface area contributed by atoms with E-state index in [2.05, 4.69) is 31.1 Å². The zero-order valence-corrected chi connectivity index (χ0v) is 19.9. The van der Waals surface area contributed by atoms with Gasteiger partial charge in [-0.1, -0.05) is 58.4 Å². The highest BCUT2D eigenvalue weighted by Crippen LogP contribution is 2.30. The Morgan fingerprint density at radius 1 is 1.03 bits per heavy atom. The van der Waals surface area contributed by atoms with Crippen LogP contribution in [0.3, 0.4) is 0 Å². The monoisotopic (exact) mass is 425 g/mol. The van der Waals surface area contributed by atoms with Crippen molar-refractivity contribution in [3.8, 4) is 0 Å². The van der Waals surface area contributed by atoms with Gasteiger partial charge in [-0.05, 0) is 49.3 Å². The minimum atomic E-state index is -0.0405. The third-order valence-electron chi connectivity index (χ3n) is 6.59. The number of aryl methyl sites for hydroxylation is 1. The first-order chi connectivity index (χ1) is 14.9. The Hall–Kier alpha value is -2.17. The van der Waals surface area contributed by atoms with Crippen LogP contribution in [0, 0.1) is 0 Å². The molecular weight excluding hydrogens is 386 g/mol. The lowest BCUT2D eigenvalue weighted by molar-refractivity contribution is -0.131. The van der Waals surface area contributed by atoms with E-state index in [0.717, 1.165) is 36.7 Å². The smallest absolute Gasteiger partial charge is 0.244 e. The molecule has 0 unspecified atom stereocenters. The molecule has 2 heterocycles. The van der Waals surface area contributed by atoms with E-state index in [0.29, 0.717) is 18.2 Å². The maximum absolute atomic E-state index is 13.1. The van der Waals surface area contributed by atoms with Gasteiger partial charge >= 0.3 is 0 Å². The molecule has 0 N–H and O–H groups in total. The number of amides is 1. The highest BCUT2D eigenvalue weighted by molar-refractivity contribution is 6.06. The Balaban J connectivity index is 2.07. The number of likely N-dealkylation sites (N-methyl/N-ethyl adjacent to an activating group) is 1. The van der Waals surface area contributed by atoms with Crippen molar-refractivity contribution in [2.45, 2.75) is 97.9 Å². The molecule has 2 aromatic rings. The molecule has 0 atom stereocenters. The molecule has 0 aliphatic carbocycles. The zero-order valence-electron chi connectivity index (χ0n) is 19.9. The second kappa shape index (κ2) is 10.9. The van der Waals surface area contributed by atoms with Gasteiger partial charge in [0.1, 0.15) is 12.2 Å². The number of hydrogen-bond acceptors (Lipinski definition) is 3. The predicted octanol–water partition coefficient (Wildman–Crippen LogP) is 5.89. The maximum Gasteiger partial charge on any atom is 0.244 e. The lowest BCUT2D eigenvalue weighted by Crippen LogP contribution is -2.34. The summed E-state index contributed by atoms with van der Waals surface area (Å²) in [5.41, 5.74) is 3.93. The third kappa shape index (κ3) is 5.75. The van der Waals surface area contributed by atoms with Gasteiger partial charge in [0.15, 0.2) is 5.78 Å². The van der Waals surface area contributed by atoms with Gasteiger partial charge < -0.3 is 4.90 Å². The van der Waals surface area contributed by atoms with E-state index in [1.54, 1.807) is 6.92 Å². The van der Waals surface area contributed by atoms with Crippen LogP contribution in [-0.4, -0.2) is 39.5 Å². The first kappa shape index (κ1) is 23.5. The Kier molecular flexibility index (Phi) is 8.28. The number of benzene rings is 1. The molecule has 0 saturated carbocycles. The summed E-state index contributed by atoms with van der Waals surface area (Å²) in [6, 6.07) is 4.39. The Morgan fingerprint density at radius 2 is 1.68 bits per heavy atom. The summed E-state index contributed by atoms with van der Waals surface area (Å²) in [5, 5.41) is 5.57. The highest BCUT2D eigenvalue weighted by atomic mass is 16.2. The SMILES string of the molecule is CCN1CCCCCCCCCCc2cc(C(C)C)cc3c(C(C)=O)nn(c23)CC1=O. The number of Topliss-reactive ketones (excluding diaryl/α,β-unsaturated/α-hetero) is 1. The Bertz CT molecular complexity index is 913. The molecule has 1 amide bonds. The number of rotatable bonds is 3. The summed E-state index contributed by atoms with van der Waals surface area (Å²) in [4.78, 5) is 27.5. The highest BCUT2D eigenvalue weighted by Gasteiger charge is 2.22. The summed E-state index contributed by atoms with van der Waals surface area (Å²) in [7, 11) is 0. The number of aromatic nitrogens is 2. The van der Waals surface area contributed by atoms with E-state index in [1.165, 1.54) is 49.7 Å². The standard InChI is InChI=1S/C26H39N3O2/c1-5-28-15-13-11-9-7-6-8-10-12-14-21-16-22(19(2)3)17-23-25(20(4)30)27-29(26(21)23)18-24(28)31/h16-17,19H,5-15,18H2,1-4H3. The van der Waals surface area contributed by atoms with Crippen molar-refractivity contribution >= 4 is 22.6 Å². The van der Waals surface area contributed by atoms with E-state index in [9.17, 15) is 9.59 Å². The molecule has 0 spiro atoms. The minimum absolute atomic E-state index is 0.0405. The molecule has 1 aliphatic rings. The third-order valence-corrected chi connectivity index (χ3v) is 6.59. The molecule has 0 saturated heterocycles. The van der Waals surface area contributed by atoms with Gasteiger partial charge in [-0.15, -0.1) is 0 Å². The van der Waals surface area contributed by atoms with Gasteiger partial charge in [-0.2, -0.15) is 5.10 Å². The average molecular weight is 426 g/mol. The summed E-state index contributed by atoms with van der Waals surface area (Å²) in [5.74, 6) is 0.427. The van der Waals surface area contributed by atoms with Crippen LogP contribution < -0.4 is 0 Å². The average Bonchev–Trinajstić information content (AvgIpc) is 3.10. The van der Waals surface area contributed by atoms with Crippen LogP contribution in [0.2, 0.25) is 0 Å². The molecule has 1 aromatic heterocycles. The number of nitrogens with zero attached hydrogens (tertiary/aromatic N) is 3. The molecule has 170 valence electrons. The van der Waals surface area contributed by atoms with Crippen LogP contribution in [0.1, 0.15) is 107 Å². The summed E-state index contributed by atoms with van der Waals surface area (Å²) >= 11 is 0. The molecule has 1 aliphatic heterocycles. The predicted molar refractivity (Wildman–Crippen MR) is 127 cm³/mol. The molecular formula is C26H39N3O2. The van der Waals surface area contributed by atoms with Gasteiger partial charge in [0.05, 0.1) is 5.52 Å². The fraction of sp³-hybridized carbons (Fsp3) is 0.654. The van der Waals surface area contributed by atoms with Crippen molar-refractivity contribution in [3.05, 3.63) is 29.0 Å². The van der Waals surface area contributed by atoms with Gasteiger partial charge in [-0.3, -0.25) is 14.3 Å². The largest absolute Gasteiger partial charge is 0.341 e. The molecule has 1 aromatic carbocycles. The zero-order chi connectivity index (χ0) is 22.4. The van der Waals surface area contributed by atoms with Crippen molar-refractivity contribution < 1.29 is 9.59 Å². The fourth-order valence-corrected chi connectivity index (χ4v) is 4.69. The first-order valence-electron chi connectivity index (χ1n) is 12.2. The van der Waals surface area contributed by atoms with Crippen LogP contribution in [-0.2, 0) is 17.8 Å². The fourth-order valence-electron chi connectivity index (χ4n) is 4.69. The topological polar surface area (TPSA) is 55.2 Å². The lowest BCUT2D eigenvalue weighted by Gasteiger charge is -2.21. The Labute approximate surface area is 187 Å². The van der Waals surface area contributed by atoms with Crippen molar-refractivity contribution in [3.63, 3.8) is 0 Å². The summed E-state index contributed by atoms with van der Waals surface area (Å²) in [6.45, 7) is 9.70. The Morgan fingerprint density at radius 3 is 2.29 bits per heavy atom. The van der Waals surface area contributed by atoms with Gasteiger partial charge in [0, 0.05) is 25.4 Å². The second-order valence-corrected chi connectivity index (χ2v) is 9.35. The van der Waals surface area contributed by atoms with Crippen LogP contribution in [0.4, 0.5) is 0 Å². The van der Waals surface area contributed by atoms with E-state index >= 15 is 0 Å². The molecule has 31 heavy (non-hydrogen) atoms. The van der Waals surface area contributed by atoms with Crippen molar-refractivity contribution in [1.29, 1.82) is 0 Å². The van der Waals surface area contributed by atoms with E-state index in [4.69, 9.17) is 0 Å². The number of hydrogen-bond donors (Lipinski definition) is 0. The molecule has 5 heteroatoms. The minimum Gasteiger partial charge on any atom is -0.341 e. The maximum atomic E-state index is 13.1. The molecule has 5 nitrogen and oxygen atoms in total. The van der Waals surface area contributed by atoms with Crippen molar-refractivity contribution in [2.75, 3.05) is 13.1 Å². The van der Waals surface area contributed by atoms with Crippen LogP contribution in [0.5, 0.6) is 0 Å². The van der Waals surface area contributed by atoms with E-state index in [1.807, 2.05) is 16.5 Å². The van der Waals surface area contributed by atoms with Gasteiger partial charge in [0.2, 0.25) is 5.91 Å². The number of carbonyl (C=O) groups excluding carboxylic acids is 2. The number of ketones is 1. The summed E-state index contributed by atoms with van der Waals surface area (Å²) < 4.78 is 1.81. The van der Waals surface area contributed by atoms with Crippen LogP contribution >= 0.6 is 0 Å². The summed E-state index contributed by atoms with van der Waals surface area (Å²) in [6.07, 6.45) is 10.7. The van der Waals surface area contributed by atoms with E-state index in [-0.39, 0.29) is 18.2 Å². The van der Waals surface area contributed by atoms with Crippen molar-refractivity contribution in [2.24, 2.45) is 0 Å². The van der Waals surface area contributed by atoms with Crippen LogP contribution in [0.15, 0.2) is 12.1 Å². The lowest BCUT2D eigenvalue weighted by atomic mass is 9.94. The second-order valence-electron chi connectivity index (χ2n) is 9.35. The molecule has 0 radical (unpaired) electrons. The van der Waals surface area contributed by atoms with E-state index < -0.39 is 0 Å². The van der Waals surface area contributed by atoms with Crippen molar-refractivity contribution in [1.82, 2.24) is 14.7 Å². The quantitative estimate of drug-likeness (QED) is 0.576. The molecule has 0 bridgehead atoms. The van der Waals surface area contributed by atoms with Gasteiger partial charge in [-0.25, -0.2) is 0 Å². The number of carbonyl (C=O) groups is 2. The molecule has 3 rings (SSSR count). The van der Waals surface area contributed by atoms with Gasteiger partial charge in [0.25, 0.3) is 0 Å². The molecule has 0 fully saturated rings. The normalized spacial score (nSPS) is 17.5.